The zero-order valence-electron chi connectivity index (χ0n) is 20.0. The maximum absolute atomic E-state index is 13.2. The molecule has 6 nitrogen and oxygen atoms in total. The summed E-state index contributed by atoms with van der Waals surface area (Å²) in [7, 11) is -4.35. The van der Waals surface area contributed by atoms with E-state index in [0.717, 1.165) is 0 Å². The van der Waals surface area contributed by atoms with Crippen molar-refractivity contribution < 1.29 is 22.3 Å². The Bertz CT molecular complexity index is 1140. The molecule has 0 bridgehead atoms. The van der Waals surface area contributed by atoms with E-state index in [2.05, 4.69) is 54.5 Å². The minimum Gasteiger partial charge on any atom is -0.495 e. The van der Waals surface area contributed by atoms with E-state index in [4.69, 9.17) is 37.1 Å². The summed E-state index contributed by atoms with van der Waals surface area (Å²) in [5.74, 6) is 0.707. The van der Waals surface area contributed by atoms with Gasteiger partial charge >= 0.3 is 0 Å². The van der Waals surface area contributed by atoms with Crippen LogP contribution in [0, 0.1) is 0 Å². The molecule has 0 saturated heterocycles. The zero-order valence-corrected chi connectivity index (χ0v) is 25.0. The second kappa shape index (κ2) is 10.3. The molecule has 1 fully saturated rings. The lowest BCUT2D eigenvalue weighted by Gasteiger charge is -2.44. The van der Waals surface area contributed by atoms with Crippen molar-refractivity contribution in [2.75, 3.05) is 7.11 Å². The van der Waals surface area contributed by atoms with Crippen LogP contribution in [0.4, 0.5) is 0 Å². The summed E-state index contributed by atoms with van der Waals surface area (Å²) >= 11 is 15.8. The molecule has 188 valence electrons. The number of hydrogen-bond donors (Lipinski definition) is 1. The van der Waals surface area contributed by atoms with Crippen molar-refractivity contribution in [3.8, 4) is 17.2 Å². The van der Waals surface area contributed by atoms with Gasteiger partial charge in [0.25, 0.3) is 0 Å². The van der Waals surface area contributed by atoms with Crippen molar-refractivity contribution in [2.24, 2.45) is 0 Å². The Labute approximate surface area is 221 Å². The van der Waals surface area contributed by atoms with Crippen molar-refractivity contribution in [3.63, 3.8) is 0 Å². The SMILES string of the molecule is COc1ccc(Oc2c(Cl)cc(Br)cc2Cl)cc1S(=O)(=O)NC1CC(O[Si](C)(C)C(C)(C)C)C1. The third kappa shape index (κ3) is 6.30. The summed E-state index contributed by atoms with van der Waals surface area (Å²) < 4.78 is 47.4. The molecule has 0 radical (unpaired) electrons. The third-order valence-electron chi connectivity index (χ3n) is 6.29. The maximum Gasteiger partial charge on any atom is 0.244 e. The van der Waals surface area contributed by atoms with E-state index in [-0.39, 0.29) is 39.3 Å². The van der Waals surface area contributed by atoms with Gasteiger partial charge < -0.3 is 13.9 Å². The number of benzene rings is 2. The predicted molar refractivity (Wildman–Crippen MR) is 143 cm³/mol. The lowest BCUT2D eigenvalue weighted by Crippen LogP contribution is -2.53. The third-order valence-corrected chi connectivity index (χ3v) is 13.4. The molecule has 0 atom stereocenters. The van der Waals surface area contributed by atoms with Crippen LogP contribution in [0.3, 0.4) is 0 Å². The molecule has 0 unspecified atom stereocenters. The van der Waals surface area contributed by atoms with Crippen LogP contribution in [0.5, 0.6) is 17.2 Å². The first-order valence-electron chi connectivity index (χ1n) is 10.8. The van der Waals surface area contributed by atoms with Gasteiger partial charge in [-0.15, -0.1) is 0 Å². The number of sulfonamides is 1. The fourth-order valence-corrected chi connectivity index (χ4v) is 7.42. The van der Waals surface area contributed by atoms with Crippen LogP contribution >= 0.6 is 39.1 Å². The van der Waals surface area contributed by atoms with E-state index >= 15 is 0 Å². The Balaban J connectivity index is 1.75. The summed E-state index contributed by atoms with van der Waals surface area (Å²) in [6.45, 7) is 11.0. The van der Waals surface area contributed by atoms with Crippen LogP contribution in [0.25, 0.3) is 0 Å². The average Bonchev–Trinajstić information content (AvgIpc) is 2.67. The van der Waals surface area contributed by atoms with Crippen LogP contribution in [0.2, 0.25) is 28.2 Å². The average molecular weight is 611 g/mol. The molecule has 0 amide bonds. The smallest absolute Gasteiger partial charge is 0.244 e. The van der Waals surface area contributed by atoms with Gasteiger partial charge in [-0.25, -0.2) is 13.1 Å². The van der Waals surface area contributed by atoms with E-state index in [1.54, 1.807) is 18.2 Å². The molecule has 0 aliphatic heterocycles. The summed E-state index contributed by atoms with van der Waals surface area (Å²) in [6, 6.07) is 7.62. The first-order chi connectivity index (χ1) is 15.6. The second-order valence-electron chi connectivity index (χ2n) is 9.90. The standard InChI is InChI=1S/C23H30BrCl2NO5SSi/c1-23(2,3)34(5,6)32-17-11-15(12-17)27-33(28,29)21-13-16(7-8-20(21)30-4)31-22-18(25)9-14(24)10-19(22)26/h7-10,13,15,17,27H,11-12H2,1-6H3. The normalized spacial score (nSPS) is 19.0. The molecule has 34 heavy (non-hydrogen) atoms. The molecule has 2 aromatic rings. The van der Waals surface area contributed by atoms with E-state index in [1.165, 1.54) is 19.2 Å². The minimum absolute atomic E-state index is 0.0226. The highest BCUT2D eigenvalue weighted by molar-refractivity contribution is 9.10. The first kappa shape index (κ1) is 27.8. The van der Waals surface area contributed by atoms with Gasteiger partial charge in [-0.1, -0.05) is 59.9 Å². The molecule has 3 rings (SSSR count). The lowest BCUT2D eigenvalue weighted by atomic mass is 9.91. The summed E-state index contributed by atoms with van der Waals surface area (Å²) in [5, 5.41) is 0.686. The number of methoxy groups -OCH3 is 1. The molecule has 0 spiro atoms. The highest BCUT2D eigenvalue weighted by Crippen LogP contribution is 2.42. The van der Waals surface area contributed by atoms with Gasteiger partial charge in [-0.3, -0.25) is 0 Å². The van der Waals surface area contributed by atoms with Gasteiger partial charge in [-0.05, 0) is 55.2 Å². The van der Waals surface area contributed by atoms with Gasteiger partial charge in [0.1, 0.15) is 16.4 Å². The summed E-state index contributed by atoms with van der Waals surface area (Å²) in [5.41, 5.74) is 0. The van der Waals surface area contributed by atoms with Gasteiger partial charge in [0, 0.05) is 22.7 Å². The topological polar surface area (TPSA) is 73.9 Å². The zero-order chi connectivity index (χ0) is 25.5. The second-order valence-corrected chi connectivity index (χ2v) is 18.1. The van der Waals surface area contributed by atoms with Gasteiger partial charge in [0.15, 0.2) is 14.1 Å². The summed E-state index contributed by atoms with van der Waals surface area (Å²) in [6.07, 6.45) is 1.33. The lowest BCUT2D eigenvalue weighted by molar-refractivity contribution is 0.0805. The quantitative estimate of drug-likeness (QED) is 0.315. The molecule has 1 N–H and O–H groups in total. The Morgan fingerprint density at radius 3 is 2.21 bits per heavy atom. The van der Waals surface area contributed by atoms with Gasteiger partial charge in [-0.2, -0.15) is 0 Å². The fraction of sp³-hybridized carbons (Fsp3) is 0.478. The molecule has 0 heterocycles. The fourth-order valence-electron chi connectivity index (χ4n) is 3.31. The highest BCUT2D eigenvalue weighted by atomic mass is 79.9. The largest absolute Gasteiger partial charge is 0.495 e. The number of nitrogens with one attached hydrogen (secondary N) is 1. The number of halogens is 3. The molecule has 1 aliphatic rings. The van der Waals surface area contributed by atoms with Crippen LogP contribution in [-0.4, -0.2) is 36.0 Å². The van der Waals surface area contributed by atoms with Crippen molar-refractivity contribution >= 4 is 57.5 Å². The van der Waals surface area contributed by atoms with E-state index in [0.29, 0.717) is 27.4 Å². The van der Waals surface area contributed by atoms with Crippen LogP contribution in [0.1, 0.15) is 33.6 Å². The number of ether oxygens (including phenoxy) is 2. The van der Waals surface area contributed by atoms with Crippen molar-refractivity contribution in [3.05, 3.63) is 44.8 Å². The van der Waals surface area contributed by atoms with E-state index < -0.39 is 18.3 Å². The highest BCUT2D eigenvalue weighted by Gasteiger charge is 2.43. The Morgan fingerprint density at radius 2 is 1.68 bits per heavy atom. The van der Waals surface area contributed by atoms with Gasteiger partial charge in [0.05, 0.1) is 17.2 Å². The Hall–Kier alpha value is -0.813. The summed E-state index contributed by atoms with van der Waals surface area (Å²) in [4.78, 5) is -0.0226. The van der Waals surface area contributed by atoms with Crippen LogP contribution < -0.4 is 14.2 Å². The van der Waals surface area contributed by atoms with E-state index in [9.17, 15) is 8.42 Å². The minimum atomic E-state index is -3.87. The molecular weight excluding hydrogens is 581 g/mol. The molecule has 0 aromatic heterocycles. The Morgan fingerprint density at radius 1 is 1.09 bits per heavy atom. The molecule has 1 aliphatic carbocycles. The van der Waals surface area contributed by atoms with Gasteiger partial charge in [0.2, 0.25) is 10.0 Å². The van der Waals surface area contributed by atoms with Crippen molar-refractivity contribution in [2.45, 2.75) is 68.8 Å². The molecule has 2 aromatic carbocycles. The Kier molecular flexibility index (Phi) is 8.40. The number of hydrogen-bond acceptors (Lipinski definition) is 5. The van der Waals surface area contributed by atoms with Crippen molar-refractivity contribution in [1.29, 1.82) is 0 Å². The molecule has 11 heteroatoms. The predicted octanol–water partition coefficient (Wildman–Crippen LogP) is 7.39. The van der Waals surface area contributed by atoms with Crippen molar-refractivity contribution in [1.82, 2.24) is 4.72 Å². The van der Waals surface area contributed by atoms with E-state index in [1.807, 2.05) is 0 Å². The molecule has 1 saturated carbocycles. The van der Waals surface area contributed by atoms with Crippen LogP contribution in [-0.2, 0) is 14.4 Å². The maximum atomic E-state index is 13.2. The first-order valence-corrected chi connectivity index (χ1v) is 16.8. The molecular formula is C23H30BrCl2NO5SSi. The number of rotatable bonds is 8. The van der Waals surface area contributed by atoms with Crippen LogP contribution in [0.15, 0.2) is 39.7 Å². The monoisotopic (exact) mass is 609 g/mol.